The van der Waals surface area contributed by atoms with Crippen LogP contribution in [0.5, 0.6) is 0 Å². The number of carbonyl (C=O) groups is 1. The van der Waals surface area contributed by atoms with Crippen LogP contribution in [0.4, 0.5) is 5.69 Å². The van der Waals surface area contributed by atoms with Gasteiger partial charge in [0, 0.05) is 12.2 Å². The molecular formula is C12H17NO2. The molecule has 0 aliphatic rings. The van der Waals surface area contributed by atoms with Crippen molar-refractivity contribution >= 4 is 11.7 Å². The third kappa shape index (κ3) is 2.72. The Balaban J connectivity index is 3.10. The van der Waals surface area contributed by atoms with E-state index in [1.54, 1.807) is 6.92 Å². The summed E-state index contributed by atoms with van der Waals surface area (Å²) >= 11 is 0. The predicted molar refractivity (Wildman–Crippen MR) is 61.4 cm³/mol. The van der Waals surface area contributed by atoms with Crippen LogP contribution in [0.15, 0.2) is 18.2 Å². The highest BCUT2D eigenvalue weighted by Gasteiger charge is 2.16. The van der Waals surface area contributed by atoms with Gasteiger partial charge in [-0.2, -0.15) is 0 Å². The van der Waals surface area contributed by atoms with E-state index < -0.39 is 11.9 Å². The number of aliphatic carboxylic acids is 1. The van der Waals surface area contributed by atoms with Crippen LogP contribution >= 0.6 is 0 Å². The number of rotatable bonds is 4. The number of aryl methyl sites for hydroxylation is 1. The number of nitrogens with one attached hydrogen (secondary N) is 1. The normalized spacial score (nSPS) is 12.2. The monoisotopic (exact) mass is 207 g/mol. The van der Waals surface area contributed by atoms with Crippen LogP contribution in [0.1, 0.15) is 30.9 Å². The summed E-state index contributed by atoms with van der Waals surface area (Å²) in [6.45, 7) is 6.49. The fourth-order valence-electron chi connectivity index (χ4n) is 1.52. The molecule has 0 heterocycles. The molecular weight excluding hydrogens is 190 g/mol. The highest BCUT2D eigenvalue weighted by Crippen LogP contribution is 2.25. The summed E-state index contributed by atoms with van der Waals surface area (Å²) < 4.78 is 0. The average Bonchev–Trinajstić information content (AvgIpc) is 2.17. The van der Waals surface area contributed by atoms with E-state index in [1.165, 1.54) is 0 Å². The van der Waals surface area contributed by atoms with Crippen molar-refractivity contribution in [3.05, 3.63) is 29.3 Å². The van der Waals surface area contributed by atoms with Gasteiger partial charge < -0.3 is 10.4 Å². The summed E-state index contributed by atoms with van der Waals surface area (Å²) in [6, 6.07) is 5.81. The molecule has 0 fully saturated rings. The third-order valence-corrected chi connectivity index (χ3v) is 2.41. The molecule has 1 atom stereocenters. The van der Waals surface area contributed by atoms with Crippen molar-refractivity contribution in [3.63, 3.8) is 0 Å². The molecule has 0 bridgehead atoms. The fourth-order valence-corrected chi connectivity index (χ4v) is 1.52. The molecule has 82 valence electrons. The Morgan fingerprint density at radius 3 is 2.73 bits per heavy atom. The van der Waals surface area contributed by atoms with Crippen molar-refractivity contribution in [2.75, 3.05) is 11.9 Å². The van der Waals surface area contributed by atoms with Gasteiger partial charge >= 0.3 is 5.97 Å². The van der Waals surface area contributed by atoms with Gasteiger partial charge in [-0.05, 0) is 38.0 Å². The molecule has 1 aromatic carbocycles. The summed E-state index contributed by atoms with van der Waals surface area (Å²) in [5.41, 5.74) is 2.90. The van der Waals surface area contributed by atoms with E-state index in [-0.39, 0.29) is 0 Å². The first-order valence-electron chi connectivity index (χ1n) is 5.13. The number of hydrogen-bond donors (Lipinski definition) is 2. The lowest BCUT2D eigenvalue weighted by molar-refractivity contribution is -0.138. The van der Waals surface area contributed by atoms with Crippen molar-refractivity contribution in [1.82, 2.24) is 0 Å². The molecule has 3 heteroatoms. The van der Waals surface area contributed by atoms with Crippen LogP contribution in [-0.2, 0) is 4.79 Å². The molecule has 2 N–H and O–H groups in total. The zero-order valence-electron chi connectivity index (χ0n) is 9.37. The maximum Gasteiger partial charge on any atom is 0.310 e. The number of benzene rings is 1. The largest absolute Gasteiger partial charge is 0.481 e. The molecule has 0 saturated heterocycles. The molecule has 15 heavy (non-hydrogen) atoms. The molecule has 0 aliphatic carbocycles. The molecule has 1 unspecified atom stereocenters. The van der Waals surface area contributed by atoms with Crippen LogP contribution in [0.25, 0.3) is 0 Å². The zero-order valence-corrected chi connectivity index (χ0v) is 9.37. The van der Waals surface area contributed by atoms with Crippen LogP contribution < -0.4 is 5.32 Å². The number of anilines is 1. The second-order valence-corrected chi connectivity index (χ2v) is 3.68. The number of hydrogen-bond acceptors (Lipinski definition) is 2. The standard InChI is InChI=1S/C12H17NO2/c1-4-13-11-7-8(2)5-6-10(11)9(3)12(14)15/h5-7,9,13H,4H2,1-3H3,(H,14,15). The molecule has 1 aromatic rings. The third-order valence-electron chi connectivity index (χ3n) is 2.41. The summed E-state index contributed by atoms with van der Waals surface area (Å²) in [7, 11) is 0. The van der Waals surface area contributed by atoms with E-state index in [0.29, 0.717) is 0 Å². The van der Waals surface area contributed by atoms with E-state index in [2.05, 4.69) is 5.32 Å². The van der Waals surface area contributed by atoms with Gasteiger partial charge in [0.05, 0.1) is 5.92 Å². The lowest BCUT2D eigenvalue weighted by Crippen LogP contribution is -2.11. The highest BCUT2D eigenvalue weighted by atomic mass is 16.4. The van der Waals surface area contributed by atoms with E-state index in [4.69, 9.17) is 5.11 Å². The minimum atomic E-state index is -0.794. The van der Waals surface area contributed by atoms with Crippen LogP contribution in [0.3, 0.4) is 0 Å². The summed E-state index contributed by atoms with van der Waals surface area (Å²) in [4.78, 5) is 10.9. The van der Waals surface area contributed by atoms with Gasteiger partial charge in [0.2, 0.25) is 0 Å². The smallest absolute Gasteiger partial charge is 0.310 e. The second-order valence-electron chi connectivity index (χ2n) is 3.68. The molecule has 0 radical (unpaired) electrons. The Kier molecular flexibility index (Phi) is 3.72. The first kappa shape index (κ1) is 11.6. The van der Waals surface area contributed by atoms with E-state index in [0.717, 1.165) is 23.4 Å². The predicted octanol–water partition coefficient (Wildman–Crippen LogP) is 2.61. The molecule has 0 spiro atoms. The lowest BCUT2D eigenvalue weighted by atomic mass is 9.98. The van der Waals surface area contributed by atoms with Gasteiger partial charge in [0.1, 0.15) is 0 Å². The quantitative estimate of drug-likeness (QED) is 0.797. The van der Waals surface area contributed by atoms with Crippen molar-refractivity contribution in [3.8, 4) is 0 Å². The van der Waals surface area contributed by atoms with Crippen LogP contribution in [0, 0.1) is 6.92 Å². The maximum atomic E-state index is 10.9. The molecule has 1 rings (SSSR count). The minimum absolute atomic E-state index is 0.473. The number of carboxylic acids is 1. The van der Waals surface area contributed by atoms with Gasteiger partial charge in [0.25, 0.3) is 0 Å². The van der Waals surface area contributed by atoms with Crippen LogP contribution in [-0.4, -0.2) is 17.6 Å². The molecule has 0 amide bonds. The van der Waals surface area contributed by atoms with Gasteiger partial charge in [-0.3, -0.25) is 4.79 Å². The Morgan fingerprint density at radius 1 is 1.53 bits per heavy atom. The first-order valence-corrected chi connectivity index (χ1v) is 5.13. The van der Waals surface area contributed by atoms with E-state index in [9.17, 15) is 4.79 Å². The van der Waals surface area contributed by atoms with Gasteiger partial charge in [-0.25, -0.2) is 0 Å². The van der Waals surface area contributed by atoms with Gasteiger partial charge in [0.15, 0.2) is 0 Å². The van der Waals surface area contributed by atoms with Crippen molar-refractivity contribution < 1.29 is 9.90 Å². The van der Waals surface area contributed by atoms with Crippen molar-refractivity contribution in [2.45, 2.75) is 26.7 Å². The molecule has 0 aromatic heterocycles. The fraction of sp³-hybridized carbons (Fsp3) is 0.417. The zero-order chi connectivity index (χ0) is 11.4. The van der Waals surface area contributed by atoms with E-state index >= 15 is 0 Å². The summed E-state index contributed by atoms with van der Waals surface area (Å²) in [5, 5.41) is 12.2. The Bertz CT molecular complexity index is 361. The Hall–Kier alpha value is -1.51. The Morgan fingerprint density at radius 2 is 2.20 bits per heavy atom. The lowest BCUT2D eigenvalue weighted by Gasteiger charge is -2.14. The number of carboxylic acid groups (broad SMARTS) is 1. The molecule has 3 nitrogen and oxygen atoms in total. The molecule has 0 aliphatic heterocycles. The maximum absolute atomic E-state index is 10.9. The van der Waals surface area contributed by atoms with Gasteiger partial charge in [-0.1, -0.05) is 12.1 Å². The van der Waals surface area contributed by atoms with Crippen molar-refractivity contribution in [2.24, 2.45) is 0 Å². The minimum Gasteiger partial charge on any atom is -0.481 e. The Labute approximate surface area is 90.1 Å². The second kappa shape index (κ2) is 4.82. The topological polar surface area (TPSA) is 49.3 Å². The summed E-state index contributed by atoms with van der Waals surface area (Å²) in [5.74, 6) is -1.27. The summed E-state index contributed by atoms with van der Waals surface area (Å²) in [6.07, 6.45) is 0. The first-order chi connectivity index (χ1) is 7.06. The van der Waals surface area contributed by atoms with E-state index in [1.807, 2.05) is 32.0 Å². The van der Waals surface area contributed by atoms with Crippen molar-refractivity contribution in [1.29, 1.82) is 0 Å². The SMILES string of the molecule is CCNc1cc(C)ccc1C(C)C(=O)O. The molecule has 0 saturated carbocycles. The van der Waals surface area contributed by atoms with Gasteiger partial charge in [-0.15, -0.1) is 0 Å². The average molecular weight is 207 g/mol. The van der Waals surface area contributed by atoms with Crippen LogP contribution in [0.2, 0.25) is 0 Å². The highest BCUT2D eigenvalue weighted by molar-refractivity contribution is 5.78.